The Hall–Kier alpha value is -3.27. The topological polar surface area (TPSA) is 58.6 Å². The van der Waals surface area contributed by atoms with Gasteiger partial charge in [-0.15, -0.1) is 0 Å². The molecule has 4 rings (SSSR count). The molecule has 4 heteroatoms. The zero-order valence-electron chi connectivity index (χ0n) is 13.7. The van der Waals surface area contributed by atoms with Crippen LogP contribution < -0.4 is 10.1 Å². The van der Waals surface area contributed by atoms with Crippen LogP contribution >= 0.6 is 0 Å². The number of methoxy groups -OCH3 is 1. The summed E-state index contributed by atoms with van der Waals surface area (Å²) in [5.74, 6) is 0.263. The van der Waals surface area contributed by atoms with Gasteiger partial charge in [0, 0.05) is 11.3 Å². The van der Waals surface area contributed by atoms with E-state index in [1.165, 1.54) is 7.11 Å². The third-order valence-electron chi connectivity index (χ3n) is 4.74. The standard InChI is InChI=1S/C21H17NO3/c1-25-19-13-15(11-12-18(19)23)21(14-7-3-2-4-8-14)16-9-5-6-10-17(16)22-20(21)24/h2-13,23H,1H3,(H,22,24)/t21-/m1/s1. The number of phenols is 1. The SMILES string of the molecule is COc1cc([C@@]2(c3ccccc3)C(=O)Nc3ccccc32)ccc1O. The van der Waals surface area contributed by atoms with Crippen molar-refractivity contribution in [2.45, 2.75) is 5.41 Å². The molecule has 3 aromatic carbocycles. The fourth-order valence-corrected chi connectivity index (χ4v) is 3.60. The van der Waals surface area contributed by atoms with Gasteiger partial charge in [0.2, 0.25) is 5.91 Å². The summed E-state index contributed by atoms with van der Waals surface area (Å²) >= 11 is 0. The molecule has 0 spiro atoms. The van der Waals surface area contributed by atoms with Crippen LogP contribution in [0.2, 0.25) is 0 Å². The van der Waals surface area contributed by atoms with Gasteiger partial charge in [0.05, 0.1) is 7.11 Å². The van der Waals surface area contributed by atoms with E-state index in [0.29, 0.717) is 5.75 Å². The van der Waals surface area contributed by atoms with E-state index in [1.54, 1.807) is 18.2 Å². The number of carbonyl (C=O) groups is 1. The average Bonchev–Trinajstić information content (AvgIpc) is 2.95. The van der Waals surface area contributed by atoms with Crippen molar-refractivity contribution < 1.29 is 14.6 Å². The summed E-state index contributed by atoms with van der Waals surface area (Å²) in [7, 11) is 1.50. The number of nitrogens with one attached hydrogen (secondary N) is 1. The molecule has 0 aromatic heterocycles. The Morgan fingerprint density at radius 1 is 0.920 bits per heavy atom. The molecule has 3 aromatic rings. The Morgan fingerprint density at radius 3 is 2.40 bits per heavy atom. The minimum Gasteiger partial charge on any atom is -0.504 e. The highest BCUT2D eigenvalue weighted by Crippen LogP contribution is 2.48. The summed E-state index contributed by atoms with van der Waals surface area (Å²) in [6.45, 7) is 0. The van der Waals surface area contributed by atoms with E-state index in [0.717, 1.165) is 22.4 Å². The monoisotopic (exact) mass is 331 g/mol. The number of carbonyl (C=O) groups excluding carboxylic acids is 1. The molecular formula is C21H17NO3. The highest BCUT2D eigenvalue weighted by atomic mass is 16.5. The zero-order valence-corrected chi connectivity index (χ0v) is 13.7. The van der Waals surface area contributed by atoms with Gasteiger partial charge in [0.15, 0.2) is 11.5 Å². The van der Waals surface area contributed by atoms with E-state index in [1.807, 2.05) is 54.6 Å². The quantitative estimate of drug-likeness (QED) is 0.769. The van der Waals surface area contributed by atoms with Gasteiger partial charge < -0.3 is 15.2 Å². The van der Waals surface area contributed by atoms with Crippen LogP contribution in [0.1, 0.15) is 16.7 Å². The molecule has 1 amide bonds. The van der Waals surface area contributed by atoms with Gasteiger partial charge in [-0.2, -0.15) is 0 Å². The Morgan fingerprint density at radius 2 is 1.64 bits per heavy atom. The Labute approximate surface area is 145 Å². The lowest BCUT2D eigenvalue weighted by molar-refractivity contribution is -0.118. The highest BCUT2D eigenvalue weighted by Gasteiger charge is 2.49. The second-order valence-electron chi connectivity index (χ2n) is 6.00. The number of hydrogen-bond acceptors (Lipinski definition) is 3. The van der Waals surface area contributed by atoms with Crippen molar-refractivity contribution in [2.75, 3.05) is 12.4 Å². The van der Waals surface area contributed by atoms with E-state index in [9.17, 15) is 9.90 Å². The van der Waals surface area contributed by atoms with Gasteiger partial charge in [0.25, 0.3) is 0 Å². The number of ether oxygens (including phenoxy) is 1. The van der Waals surface area contributed by atoms with Crippen molar-refractivity contribution in [1.82, 2.24) is 0 Å². The molecule has 1 atom stereocenters. The van der Waals surface area contributed by atoms with Crippen molar-refractivity contribution in [2.24, 2.45) is 0 Å². The van der Waals surface area contributed by atoms with Crippen molar-refractivity contribution >= 4 is 11.6 Å². The first-order valence-corrected chi connectivity index (χ1v) is 8.02. The minimum atomic E-state index is -0.987. The van der Waals surface area contributed by atoms with E-state index in [4.69, 9.17) is 4.74 Å². The molecule has 0 radical (unpaired) electrons. The maximum atomic E-state index is 13.2. The number of phenolic OH excluding ortho intramolecular Hbond substituents is 1. The Bertz CT molecular complexity index is 952. The van der Waals surface area contributed by atoms with Crippen molar-refractivity contribution in [1.29, 1.82) is 0 Å². The van der Waals surface area contributed by atoms with Crippen molar-refractivity contribution in [3.05, 3.63) is 89.5 Å². The molecular weight excluding hydrogens is 314 g/mol. The van der Waals surface area contributed by atoms with Crippen LogP contribution in [0.4, 0.5) is 5.69 Å². The van der Waals surface area contributed by atoms with E-state index >= 15 is 0 Å². The molecule has 4 nitrogen and oxygen atoms in total. The second-order valence-corrected chi connectivity index (χ2v) is 6.00. The van der Waals surface area contributed by atoms with E-state index in [-0.39, 0.29) is 11.7 Å². The number of benzene rings is 3. The first-order valence-electron chi connectivity index (χ1n) is 8.02. The lowest BCUT2D eigenvalue weighted by Gasteiger charge is -2.29. The van der Waals surface area contributed by atoms with Crippen molar-refractivity contribution in [3.63, 3.8) is 0 Å². The minimum absolute atomic E-state index is 0.0427. The third-order valence-corrected chi connectivity index (χ3v) is 4.74. The largest absolute Gasteiger partial charge is 0.504 e. The predicted molar refractivity (Wildman–Crippen MR) is 96.1 cm³/mol. The summed E-state index contributed by atoms with van der Waals surface area (Å²) in [5.41, 5.74) is 2.31. The fourth-order valence-electron chi connectivity index (χ4n) is 3.60. The first-order chi connectivity index (χ1) is 12.2. The van der Waals surface area contributed by atoms with Gasteiger partial charge >= 0.3 is 0 Å². The molecule has 25 heavy (non-hydrogen) atoms. The van der Waals surface area contributed by atoms with Crippen LogP contribution in [-0.2, 0) is 10.2 Å². The maximum absolute atomic E-state index is 13.2. The van der Waals surface area contributed by atoms with Gasteiger partial charge in [-0.25, -0.2) is 0 Å². The maximum Gasteiger partial charge on any atom is 0.244 e. The lowest BCUT2D eigenvalue weighted by Crippen LogP contribution is -2.37. The number of anilines is 1. The summed E-state index contributed by atoms with van der Waals surface area (Å²) in [4.78, 5) is 13.2. The number of aromatic hydroxyl groups is 1. The van der Waals surface area contributed by atoms with Gasteiger partial charge in [-0.05, 0) is 29.3 Å². The first kappa shape index (κ1) is 15.3. The number of fused-ring (bicyclic) bond motifs is 1. The summed E-state index contributed by atoms with van der Waals surface area (Å²) in [5, 5.41) is 13.0. The van der Waals surface area contributed by atoms with Crippen molar-refractivity contribution in [3.8, 4) is 11.5 Å². The van der Waals surface area contributed by atoms with Crippen LogP contribution in [0.3, 0.4) is 0 Å². The molecule has 2 N–H and O–H groups in total. The van der Waals surface area contributed by atoms with Crippen LogP contribution in [0, 0.1) is 0 Å². The Balaban J connectivity index is 2.07. The molecule has 0 saturated heterocycles. The van der Waals surface area contributed by atoms with Crippen LogP contribution in [-0.4, -0.2) is 18.1 Å². The Kier molecular flexibility index (Phi) is 3.46. The van der Waals surface area contributed by atoms with E-state index in [2.05, 4.69) is 5.32 Å². The number of amides is 1. The molecule has 0 aliphatic carbocycles. The lowest BCUT2D eigenvalue weighted by atomic mass is 9.70. The molecule has 1 aliphatic heterocycles. The molecule has 0 fully saturated rings. The average molecular weight is 331 g/mol. The second kappa shape index (κ2) is 5.67. The van der Waals surface area contributed by atoms with Gasteiger partial charge in [0.1, 0.15) is 5.41 Å². The molecule has 0 bridgehead atoms. The van der Waals surface area contributed by atoms with Gasteiger partial charge in [-0.1, -0.05) is 54.6 Å². The molecule has 124 valence electrons. The predicted octanol–water partition coefficient (Wildman–Crippen LogP) is 3.69. The number of rotatable bonds is 3. The molecule has 1 heterocycles. The highest BCUT2D eigenvalue weighted by molar-refractivity contribution is 6.11. The molecule has 0 unspecified atom stereocenters. The zero-order chi connectivity index (χ0) is 17.4. The summed E-state index contributed by atoms with van der Waals surface area (Å²) in [6.07, 6.45) is 0. The number of para-hydroxylation sites is 1. The normalized spacial score (nSPS) is 18.5. The van der Waals surface area contributed by atoms with Crippen LogP contribution in [0.25, 0.3) is 0 Å². The summed E-state index contributed by atoms with van der Waals surface area (Å²) in [6, 6.07) is 22.4. The van der Waals surface area contributed by atoms with Crippen LogP contribution in [0.5, 0.6) is 11.5 Å². The van der Waals surface area contributed by atoms with Gasteiger partial charge in [-0.3, -0.25) is 4.79 Å². The number of hydrogen-bond donors (Lipinski definition) is 2. The van der Waals surface area contributed by atoms with Crippen LogP contribution in [0.15, 0.2) is 72.8 Å². The molecule has 1 aliphatic rings. The van der Waals surface area contributed by atoms with E-state index < -0.39 is 5.41 Å². The fraction of sp³-hybridized carbons (Fsp3) is 0.0952. The third kappa shape index (κ3) is 2.11. The summed E-state index contributed by atoms with van der Waals surface area (Å²) < 4.78 is 5.27. The smallest absolute Gasteiger partial charge is 0.244 e. The molecule has 0 saturated carbocycles.